The van der Waals surface area contributed by atoms with Gasteiger partial charge in [-0.15, -0.1) is 11.8 Å². The highest BCUT2D eigenvalue weighted by molar-refractivity contribution is 7.99. The van der Waals surface area contributed by atoms with Crippen LogP contribution < -0.4 is 16.8 Å². The summed E-state index contributed by atoms with van der Waals surface area (Å²) in [4.78, 5) is 23.6. The smallest absolute Gasteiger partial charge is 0.233 e. The molecule has 1 amide bonds. The van der Waals surface area contributed by atoms with Crippen LogP contribution in [0.15, 0.2) is 24.3 Å². The van der Waals surface area contributed by atoms with Crippen molar-refractivity contribution in [3.8, 4) is 0 Å². The molecule has 0 saturated heterocycles. The van der Waals surface area contributed by atoms with Crippen molar-refractivity contribution in [1.82, 2.24) is 20.3 Å². The third-order valence-corrected chi connectivity index (χ3v) is 4.07. The van der Waals surface area contributed by atoms with Crippen LogP contribution >= 0.6 is 11.8 Å². The van der Waals surface area contributed by atoms with Gasteiger partial charge in [0, 0.05) is 6.54 Å². The Morgan fingerprint density at radius 3 is 2.43 bits per heavy atom. The predicted octanol–water partition coefficient (Wildman–Crippen LogP) is 1.11. The highest BCUT2D eigenvalue weighted by Crippen LogP contribution is 2.16. The van der Waals surface area contributed by atoms with Crippen LogP contribution in [-0.4, -0.2) is 26.1 Å². The molecule has 2 rings (SSSR count). The number of amides is 1. The van der Waals surface area contributed by atoms with E-state index in [1.54, 1.807) is 19.1 Å². The Morgan fingerprint density at radius 2 is 1.83 bits per heavy atom. The van der Waals surface area contributed by atoms with E-state index < -0.39 is 0 Å². The molecule has 7 nitrogen and oxygen atoms in total. The van der Waals surface area contributed by atoms with E-state index in [1.807, 2.05) is 0 Å². The van der Waals surface area contributed by atoms with Gasteiger partial charge >= 0.3 is 0 Å². The topological polar surface area (TPSA) is 120 Å². The molecule has 0 bridgehead atoms. The molecule has 9 heteroatoms. The van der Waals surface area contributed by atoms with E-state index in [0.717, 1.165) is 5.56 Å². The number of nitrogens with zero attached hydrogens (tertiary/aromatic N) is 3. The van der Waals surface area contributed by atoms with E-state index in [-0.39, 0.29) is 28.9 Å². The normalized spacial score (nSPS) is 11.9. The summed E-state index contributed by atoms with van der Waals surface area (Å²) < 4.78 is 12.8. The van der Waals surface area contributed by atoms with Gasteiger partial charge < -0.3 is 16.8 Å². The number of nitrogens with one attached hydrogen (secondary N) is 1. The van der Waals surface area contributed by atoms with Crippen LogP contribution in [0.2, 0.25) is 0 Å². The zero-order chi connectivity index (χ0) is 16.8. The molecule has 0 aliphatic heterocycles. The summed E-state index contributed by atoms with van der Waals surface area (Å²) in [6.45, 7) is 2.12. The van der Waals surface area contributed by atoms with Crippen molar-refractivity contribution in [2.45, 2.75) is 24.5 Å². The second-order valence-electron chi connectivity index (χ2n) is 4.77. The predicted molar refractivity (Wildman–Crippen MR) is 87.7 cm³/mol. The van der Waals surface area contributed by atoms with Gasteiger partial charge in [-0.2, -0.15) is 15.0 Å². The van der Waals surface area contributed by atoms with Crippen molar-refractivity contribution < 1.29 is 9.18 Å². The van der Waals surface area contributed by atoms with Gasteiger partial charge in [-0.3, -0.25) is 4.79 Å². The summed E-state index contributed by atoms with van der Waals surface area (Å²) in [5.41, 5.74) is 11.8. The first kappa shape index (κ1) is 16.9. The minimum absolute atomic E-state index is 0.0570. The fourth-order valence-corrected chi connectivity index (χ4v) is 2.49. The van der Waals surface area contributed by atoms with Gasteiger partial charge in [-0.05, 0) is 24.6 Å². The third kappa shape index (κ3) is 5.37. The monoisotopic (exact) mass is 336 g/mol. The molecule has 0 spiro atoms. The van der Waals surface area contributed by atoms with Gasteiger partial charge in [0.1, 0.15) is 11.6 Å². The fraction of sp³-hybridized carbons (Fsp3) is 0.286. The van der Waals surface area contributed by atoms with Crippen LogP contribution in [0, 0.1) is 5.82 Å². The van der Waals surface area contributed by atoms with E-state index in [2.05, 4.69) is 20.3 Å². The van der Waals surface area contributed by atoms with Crippen molar-refractivity contribution in [2.24, 2.45) is 0 Å². The highest BCUT2D eigenvalue weighted by Gasteiger charge is 2.14. The van der Waals surface area contributed by atoms with Crippen molar-refractivity contribution in [3.05, 3.63) is 41.5 Å². The van der Waals surface area contributed by atoms with Gasteiger partial charge in [-0.1, -0.05) is 12.1 Å². The molecular formula is C14H17FN6OS. The van der Waals surface area contributed by atoms with Gasteiger partial charge in [-0.25, -0.2) is 4.39 Å². The van der Waals surface area contributed by atoms with E-state index in [4.69, 9.17) is 11.5 Å². The Labute approximate surface area is 137 Å². The van der Waals surface area contributed by atoms with Crippen LogP contribution in [0.1, 0.15) is 18.3 Å². The van der Waals surface area contributed by atoms with Crippen molar-refractivity contribution in [3.63, 3.8) is 0 Å². The number of aromatic nitrogens is 3. The molecule has 0 radical (unpaired) electrons. The summed E-state index contributed by atoms with van der Waals surface area (Å²) in [5, 5.41) is 2.48. The lowest BCUT2D eigenvalue weighted by molar-refractivity contribution is -0.120. The highest BCUT2D eigenvalue weighted by atomic mass is 32.2. The zero-order valence-electron chi connectivity index (χ0n) is 12.5. The fourth-order valence-electron chi connectivity index (χ4n) is 1.73. The Hall–Kier alpha value is -2.42. The number of hydrogen-bond acceptors (Lipinski definition) is 7. The number of hydrogen-bond donors (Lipinski definition) is 3. The van der Waals surface area contributed by atoms with Crippen LogP contribution in [-0.2, 0) is 17.1 Å². The minimum Gasteiger partial charge on any atom is -0.368 e. The third-order valence-electron chi connectivity index (χ3n) is 2.93. The molecule has 0 aliphatic carbocycles. The molecule has 0 aliphatic rings. The van der Waals surface area contributed by atoms with Crippen LogP contribution in [0.25, 0.3) is 0 Å². The zero-order valence-corrected chi connectivity index (χ0v) is 13.3. The maximum atomic E-state index is 12.8. The summed E-state index contributed by atoms with van der Waals surface area (Å²) in [6.07, 6.45) is 0. The average Bonchev–Trinajstić information content (AvgIpc) is 2.51. The van der Waals surface area contributed by atoms with Gasteiger partial charge in [0.25, 0.3) is 0 Å². The number of nitrogens with two attached hydrogens (primary N) is 2. The molecule has 1 aromatic carbocycles. The Kier molecular flexibility index (Phi) is 5.69. The molecule has 0 saturated carbocycles. The van der Waals surface area contributed by atoms with E-state index in [0.29, 0.717) is 18.1 Å². The molecule has 23 heavy (non-hydrogen) atoms. The van der Waals surface area contributed by atoms with Crippen LogP contribution in [0.3, 0.4) is 0 Å². The lowest BCUT2D eigenvalue weighted by atomic mass is 10.2. The first-order chi connectivity index (χ1) is 10.9. The lowest BCUT2D eigenvalue weighted by Gasteiger charge is -2.12. The Balaban J connectivity index is 1.81. The first-order valence-electron chi connectivity index (χ1n) is 6.83. The molecule has 122 valence electrons. The standard InChI is InChI=1S/C14H17FN6OS/c1-8(23-7-11-19-13(16)21-14(17)20-11)12(22)18-6-9-2-4-10(15)5-3-9/h2-5,8H,6-7H2,1H3,(H,18,22)(H4,16,17,19,20,21)/t8-/m0/s1. The SMILES string of the molecule is C[C@H](SCc1nc(N)nc(N)n1)C(=O)NCc1ccc(F)cc1. The number of halogens is 1. The summed E-state index contributed by atoms with van der Waals surface area (Å²) in [6, 6.07) is 5.97. The number of carbonyl (C=O) groups is 1. The van der Waals surface area contributed by atoms with E-state index in [1.165, 1.54) is 23.9 Å². The van der Waals surface area contributed by atoms with Crippen molar-refractivity contribution in [2.75, 3.05) is 11.5 Å². The van der Waals surface area contributed by atoms with Gasteiger partial charge in [0.15, 0.2) is 0 Å². The van der Waals surface area contributed by atoms with Crippen molar-refractivity contribution >= 4 is 29.6 Å². The number of carbonyl (C=O) groups excluding carboxylic acids is 1. The molecule has 5 N–H and O–H groups in total. The largest absolute Gasteiger partial charge is 0.368 e. The molecule has 1 atom stereocenters. The Morgan fingerprint density at radius 1 is 1.22 bits per heavy atom. The molecule has 1 aromatic heterocycles. The second kappa shape index (κ2) is 7.73. The molecule has 0 unspecified atom stereocenters. The average molecular weight is 336 g/mol. The van der Waals surface area contributed by atoms with E-state index >= 15 is 0 Å². The molecule has 0 fully saturated rings. The van der Waals surface area contributed by atoms with Crippen LogP contribution in [0.4, 0.5) is 16.3 Å². The summed E-state index contributed by atoms with van der Waals surface area (Å²) in [5.74, 6) is 0.498. The number of anilines is 2. The lowest BCUT2D eigenvalue weighted by Crippen LogP contribution is -2.30. The summed E-state index contributed by atoms with van der Waals surface area (Å²) >= 11 is 1.36. The number of thioether (sulfide) groups is 1. The second-order valence-corrected chi connectivity index (χ2v) is 6.09. The van der Waals surface area contributed by atoms with Gasteiger partial charge in [0.2, 0.25) is 17.8 Å². The molecular weight excluding hydrogens is 319 g/mol. The number of rotatable bonds is 6. The first-order valence-corrected chi connectivity index (χ1v) is 7.88. The number of nitrogen functional groups attached to an aromatic ring is 2. The molecule has 2 aromatic rings. The summed E-state index contributed by atoms with van der Waals surface area (Å²) in [7, 11) is 0. The van der Waals surface area contributed by atoms with E-state index in [9.17, 15) is 9.18 Å². The number of benzene rings is 1. The minimum atomic E-state index is -0.310. The molecule has 1 heterocycles. The maximum Gasteiger partial charge on any atom is 0.233 e. The quantitative estimate of drug-likeness (QED) is 0.723. The Bertz CT molecular complexity index is 661. The van der Waals surface area contributed by atoms with Gasteiger partial charge in [0.05, 0.1) is 11.0 Å². The maximum absolute atomic E-state index is 12.8. The van der Waals surface area contributed by atoms with Crippen LogP contribution in [0.5, 0.6) is 0 Å². The van der Waals surface area contributed by atoms with Crippen molar-refractivity contribution in [1.29, 1.82) is 0 Å².